The molecule has 18 heavy (non-hydrogen) atoms. The lowest BCUT2D eigenvalue weighted by molar-refractivity contribution is -0.144. The molecule has 0 aromatic heterocycles. The molecule has 1 rings (SSSR count). The van der Waals surface area contributed by atoms with Crippen LogP contribution in [-0.2, 0) is 9.53 Å². The Balaban J connectivity index is 3.04. The zero-order valence-electron chi connectivity index (χ0n) is 10.8. The van der Waals surface area contributed by atoms with Gasteiger partial charge in [-0.15, -0.1) is 0 Å². The van der Waals surface area contributed by atoms with Gasteiger partial charge in [-0.1, -0.05) is 29.8 Å². The summed E-state index contributed by atoms with van der Waals surface area (Å²) in [6.07, 6.45) is 1.57. The lowest BCUT2D eigenvalue weighted by Gasteiger charge is -2.14. The minimum Gasteiger partial charge on any atom is -0.464 e. The fourth-order valence-electron chi connectivity index (χ4n) is 1.39. The van der Waals surface area contributed by atoms with E-state index in [4.69, 9.17) is 16.3 Å². The standard InChI is InChI=1S/C13H17ClN2O2/c1-4-18-13(17)12(15-9-16(2)3)10-7-5-6-8-11(10)14/h5-9,12H,4H2,1-3H3. The van der Waals surface area contributed by atoms with E-state index < -0.39 is 12.0 Å². The number of hydrogen-bond donors (Lipinski definition) is 0. The zero-order valence-corrected chi connectivity index (χ0v) is 11.5. The second-order valence-electron chi connectivity index (χ2n) is 3.90. The van der Waals surface area contributed by atoms with Crippen LogP contribution in [0.5, 0.6) is 0 Å². The number of benzene rings is 1. The van der Waals surface area contributed by atoms with Gasteiger partial charge in [-0.25, -0.2) is 4.79 Å². The van der Waals surface area contributed by atoms with Crippen LogP contribution in [0.4, 0.5) is 0 Å². The lowest BCUT2D eigenvalue weighted by atomic mass is 10.1. The summed E-state index contributed by atoms with van der Waals surface area (Å²) in [4.78, 5) is 17.9. The number of esters is 1. The van der Waals surface area contributed by atoms with Gasteiger partial charge >= 0.3 is 5.97 Å². The first-order valence-electron chi connectivity index (χ1n) is 5.67. The van der Waals surface area contributed by atoms with Crippen molar-refractivity contribution in [2.75, 3.05) is 20.7 Å². The quantitative estimate of drug-likeness (QED) is 0.468. The summed E-state index contributed by atoms with van der Waals surface area (Å²) in [7, 11) is 3.66. The van der Waals surface area contributed by atoms with Gasteiger partial charge in [-0.05, 0) is 13.0 Å². The molecule has 98 valence electrons. The normalized spacial score (nSPS) is 12.4. The van der Waals surface area contributed by atoms with Crippen LogP contribution in [0.15, 0.2) is 29.3 Å². The molecule has 1 atom stereocenters. The maximum absolute atomic E-state index is 11.9. The van der Waals surface area contributed by atoms with Crippen LogP contribution in [0, 0.1) is 0 Å². The van der Waals surface area contributed by atoms with Gasteiger partial charge in [0.05, 0.1) is 12.9 Å². The van der Waals surface area contributed by atoms with Crippen molar-refractivity contribution in [2.24, 2.45) is 4.99 Å². The smallest absolute Gasteiger partial charge is 0.335 e. The molecular formula is C13H17ClN2O2. The second-order valence-corrected chi connectivity index (χ2v) is 4.31. The molecule has 1 aromatic carbocycles. The fraction of sp³-hybridized carbons (Fsp3) is 0.385. The van der Waals surface area contributed by atoms with Crippen LogP contribution in [0.2, 0.25) is 5.02 Å². The van der Waals surface area contributed by atoms with Gasteiger partial charge in [-0.2, -0.15) is 0 Å². The third-order valence-electron chi connectivity index (χ3n) is 2.16. The first-order valence-corrected chi connectivity index (χ1v) is 6.04. The van der Waals surface area contributed by atoms with Gasteiger partial charge < -0.3 is 9.64 Å². The molecule has 0 aliphatic heterocycles. The van der Waals surface area contributed by atoms with Crippen LogP contribution in [0.3, 0.4) is 0 Å². The molecule has 0 N–H and O–H groups in total. The lowest BCUT2D eigenvalue weighted by Crippen LogP contribution is -2.17. The summed E-state index contributed by atoms with van der Waals surface area (Å²) in [5.41, 5.74) is 0.649. The molecule has 1 aromatic rings. The number of carbonyl (C=O) groups is 1. The van der Waals surface area contributed by atoms with Gasteiger partial charge in [0.1, 0.15) is 0 Å². The van der Waals surface area contributed by atoms with Gasteiger partial charge in [0.2, 0.25) is 0 Å². The molecule has 5 heteroatoms. The fourth-order valence-corrected chi connectivity index (χ4v) is 1.63. The highest BCUT2D eigenvalue weighted by Crippen LogP contribution is 2.26. The molecule has 1 unspecified atom stereocenters. The largest absolute Gasteiger partial charge is 0.464 e. The summed E-state index contributed by atoms with van der Waals surface area (Å²) in [5.74, 6) is -0.399. The highest BCUT2D eigenvalue weighted by Gasteiger charge is 2.22. The van der Waals surface area contributed by atoms with Crippen molar-refractivity contribution in [3.8, 4) is 0 Å². The summed E-state index contributed by atoms with van der Waals surface area (Å²) in [6, 6.07) is 6.41. The molecule has 0 saturated carbocycles. The Kier molecular flexibility index (Phi) is 5.65. The Bertz CT molecular complexity index is 433. The van der Waals surface area contributed by atoms with Crippen LogP contribution in [-0.4, -0.2) is 37.9 Å². The molecule has 0 radical (unpaired) electrons. The molecule has 0 aliphatic rings. The number of aliphatic imine (C=N–C) groups is 1. The molecule has 0 saturated heterocycles. The minimum absolute atomic E-state index is 0.317. The van der Waals surface area contributed by atoms with Crippen molar-refractivity contribution in [1.82, 2.24) is 4.90 Å². The third kappa shape index (κ3) is 4.04. The molecule has 0 aliphatic carbocycles. The first-order chi connectivity index (χ1) is 8.56. The Labute approximate surface area is 112 Å². The van der Waals surface area contributed by atoms with E-state index >= 15 is 0 Å². The Morgan fingerprint density at radius 3 is 2.72 bits per heavy atom. The first kappa shape index (κ1) is 14.5. The minimum atomic E-state index is -0.721. The van der Waals surface area contributed by atoms with Crippen LogP contribution >= 0.6 is 11.6 Å². The van der Waals surface area contributed by atoms with Crippen molar-refractivity contribution in [1.29, 1.82) is 0 Å². The van der Waals surface area contributed by atoms with Gasteiger partial charge in [0, 0.05) is 24.7 Å². The summed E-state index contributed by atoms with van der Waals surface area (Å²) >= 11 is 6.08. The van der Waals surface area contributed by atoms with Crippen LogP contribution < -0.4 is 0 Å². The number of ether oxygens (including phenoxy) is 1. The number of hydrogen-bond acceptors (Lipinski definition) is 3. The maximum Gasteiger partial charge on any atom is 0.335 e. The summed E-state index contributed by atoms with van der Waals surface area (Å²) in [5, 5.41) is 0.506. The summed E-state index contributed by atoms with van der Waals surface area (Å²) < 4.78 is 5.02. The monoisotopic (exact) mass is 268 g/mol. The Morgan fingerprint density at radius 1 is 1.50 bits per heavy atom. The van der Waals surface area contributed by atoms with Gasteiger partial charge in [0.25, 0.3) is 0 Å². The van der Waals surface area contributed by atoms with Gasteiger partial charge in [-0.3, -0.25) is 4.99 Å². The van der Waals surface area contributed by atoms with Crippen molar-refractivity contribution >= 4 is 23.9 Å². The maximum atomic E-state index is 11.9. The van der Waals surface area contributed by atoms with Crippen molar-refractivity contribution in [2.45, 2.75) is 13.0 Å². The Morgan fingerprint density at radius 2 is 2.17 bits per heavy atom. The highest BCUT2D eigenvalue weighted by molar-refractivity contribution is 6.31. The van der Waals surface area contributed by atoms with Crippen LogP contribution in [0.1, 0.15) is 18.5 Å². The molecule has 0 bridgehead atoms. The van der Waals surface area contributed by atoms with E-state index in [9.17, 15) is 4.79 Å². The second kappa shape index (κ2) is 7.01. The number of carbonyl (C=O) groups excluding carboxylic acids is 1. The van der Waals surface area contributed by atoms with Crippen molar-refractivity contribution in [3.05, 3.63) is 34.9 Å². The summed E-state index contributed by atoms with van der Waals surface area (Å²) in [6.45, 7) is 2.08. The molecule has 0 spiro atoms. The number of nitrogens with zero attached hydrogens (tertiary/aromatic N) is 2. The van der Waals surface area contributed by atoms with E-state index in [0.29, 0.717) is 17.2 Å². The Hall–Kier alpha value is -1.55. The van der Waals surface area contributed by atoms with E-state index in [1.165, 1.54) is 0 Å². The van der Waals surface area contributed by atoms with Crippen LogP contribution in [0.25, 0.3) is 0 Å². The predicted octanol–water partition coefficient (Wildman–Crippen LogP) is 2.53. The highest BCUT2D eigenvalue weighted by atomic mass is 35.5. The molecule has 0 amide bonds. The topological polar surface area (TPSA) is 41.9 Å². The van der Waals surface area contributed by atoms with E-state index in [2.05, 4.69) is 4.99 Å². The van der Waals surface area contributed by atoms with E-state index in [1.807, 2.05) is 26.2 Å². The van der Waals surface area contributed by atoms with E-state index in [1.54, 1.807) is 30.3 Å². The molecule has 0 fully saturated rings. The average molecular weight is 269 g/mol. The van der Waals surface area contributed by atoms with E-state index in [-0.39, 0.29) is 0 Å². The average Bonchev–Trinajstić information content (AvgIpc) is 2.31. The third-order valence-corrected chi connectivity index (χ3v) is 2.50. The predicted molar refractivity (Wildman–Crippen MR) is 73.0 cm³/mol. The number of rotatable bonds is 5. The molecule has 0 heterocycles. The number of halogens is 1. The SMILES string of the molecule is CCOC(=O)C(N=CN(C)C)c1ccccc1Cl. The van der Waals surface area contributed by atoms with E-state index in [0.717, 1.165) is 0 Å². The van der Waals surface area contributed by atoms with Crippen molar-refractivity contribution < 1.29 is 9.53 Å². The zero-order chi connectivity index (χ0) is 13.5. The van der Waals surface area contributed by atoms with Gasteiger partial charge in [0.15, 0.2) is 6.04 Å². The van der Waals surface area contributed by atoms with Crippen molar-refractivity contribution in [3.63, 3.8) is 0 Å². The molecular weight excluding hydrogens is 252 g/mol. The molecule has 4 nitrogen and oxygen atoms in total.